The van der Waals surface area contributed by atoms with Gasteiger partial charge in [0.1, 0.15) is 22.7 Å². The van der Waals surface area contributed by atoms with Crippen molar-refractivity contribution in [3.8, 4) is 11.3 Å². The molecule has 0 saturated carbocycles. The van der Waals surface area contributed by atoms with Crippen molar-refractivity contribution in [3.63, 3.8) is 0 Å². The summed E-state index contributed by atoms with van der Waals surface area (Å²) in [6, 6.07) is 11.2. The van der Waals surface area contributed by atoms with Crippen LogP contribution < -0.4 is 5.73 Å². The van der Waals surface area contributed by atoms with Crippen molar-refractivity contribution < 1.29 is 4.79 Å². The fourth-order valence-electron chi connectivity index (χ4n) is 3.66. The number of hydrogen-bond acceptors (Lipinski definition) is 6. The molecule has 0 saturated heterocycles. The van der Waals surface area contributed by atoms with Gasteiger partial charge in [0.05, 0.1) is 17.8 Å². The molecule has 0 unspecified atom stereocenters. The molecule has 4 N–H and O–H groups in total. The highest BCUT2D eigenvalue weighted by atomic mass is 16.2. The number of aromatic nitrogens is 6. The molecule has 9 heteroatoms. The maximum atomic E-state index is 12.8. The fraction of sp³-hybridized carbons (Fsp3) is 0.136. The van der Waals surface area contributed by atoms with Crippen LogP contribution in [0.25, 0.3) is 33.2 Å². The number of carbonyl (C=O) groups is 1. The van der Waals surface area contributed by atoms with Crippen LogP contribution in [0.2, 0.25) is 0 Å². The van der Waals surface area contributed by atoms with Crippen LogP contribution in [0, 0.1) is 0 Å². The first kappa shape index (κ1) is 18.7. The van der Waals surface area contributed by atoms with Crippen molar-refractivity contribution in [2.75, 3.05) is 12.3 Å². The van der Waals surface area contributed by atoms with Gasteiger partial charge < -0.3 is 15.6 Å². The number of pyridine rings is 2. The van der Waals surface area contributed by atoms with Crippen molar-refractivity contribution in [1.29, 1.82) is 0 Å². The number of anilines is 1. The molecule has 0 fully saturated rings. The zero-order chi connectivity index (χ0) is 21.4. The number of hydrogen-bond donors (Lipinski definition) is 3. The number of nitrogens with one attached hydrogen (secondary N) is 2. The van der Waals surface area contributed by atoms with E-state index < -0.39 is 0 Å². The zero-order valence-electron chi connectivity index (χ0n) is 16.8. The third kappa shape index (κ3) is 3.35. The van der Waals surface area contributed by atoms with E-state index >= 15 is 0 Å². The molecule has 0 bridgehead atoms. The summed E-state index contributed by atoms with van der Waals surface area (Å²) in [5, 5.41) is 7.84. The summed E-state index contributed by atoms with van der Waals surface area (Å²) in [4.78, 5) is 31.1. The Labute approximate surface area is 177 Å². The SMILES string of the molecule is CCN(Cc1nc2c([nH]1)c(N)nc1cc(-c3ccn[nH]3)ccc12)C(=O)c1ccncc1. The van der Waals surface area contributed by atoms with Gasteiger partial charge in [-0.1, -0.05) is 6.07 Å². The standard InChI is InChI=1S/C22H20N8O/c1-2-30(22(31)13-5-8-24-9-6-13)12-18-27-19-15-4-3-14(16-7-10-25-29-16)11-17(15)26-21(23)20(19)28-18/h3-11H,2,12H2,1H3,(H2,23,26)(H,25,29)(H,27,28). The lowest BCUT2D eigenvalue weighted by Crippen LogP contribution is -2.30. The number of H-pyrrole nitrogens is 2. The molecule has 1 aromatic carbocycles. The molecule has 5 aromatic rings. The molecule has 0 spiro atoms. The molecule has 5 rings (SSSR count). The number of benzene rings is 1. The highest BCUT2D eigenvalue weighted by Gasteiger charge is 2.18. The minimum Gasteiger partial charge on any atom is -0.382 e. The monoisotopic (exact) mass is 412 g/mol. The number of aromatic amines is 2. The predicted molar refractivity (Wildman–Crippen MR) is 118 cm³/mol. The molecule has 0 aliphatic carbocycles. The molecular formula is C22H20N8O. The van der Waals surface area contributed by atoms with Gasteiger partial charge in [0.25, 0.3) is 5.91 Å². The predicted octanol–water partition coefficient (Wildman–Crippen LogP) is 3.14. The van der Waals surface area contributed by atoms with Crippen molar-refractivity contribution in [1.82, 2.24) is 35.0 Å². The van der Waals surface area contributed by atoms with E-state index in [4.69, 9.17) is 10.7 Å². The lowest BCUT2D eigenvalue weighted by molar-refractivity contribution is 0.0749. The van der Waals surface area contributed by atoms with Gasteiger partial charge in [-0.3, -0.25) is 14.9 Å². The average molecular weight is 412 g/mol. The maximum absolute atomic E-state index is 12.8. The minimum absolute atomic E-state index is 0.0782. The molecule has 0 radical (unpaired) electrons. The molecule has 154 valence electrons. The average Bonchev–Trinajstić information content (AvgIpc) is 3.48. The summed E-state index contributed by atoms with van der Waals surface area (Å²) in [6.07, 6.45) is 4.92. The lowest BCUT2D eigenvalue weighted by atomic mass is 10.1. The first-order chi connectivity index (χ1) is 15.1. The summed E-state index contributed by atoms with van der Waals surface area (Å²) in [6.45, 7) is 2.81. The van der Waals surface area contributed by atoms with Gasteiger partial charge in [-0.2, -0.15) is 5.10 Å². The van der Waals surface area contributed by atoms with Crippen LogP contribution in [0.3, 0.4) is 0 Å². The summed E-state index contributed by atoms with van der Waals surface area (Å²) >= 11 is 0. The van der Waals surface area contributed by atoms with Crippen molar-refractivity contribution in [3.05, 3.63) is 66.4 Å². The van der Waals surface area contributed by atoms with E-state index in [9.17, 15) is 4.79 Å². The molecule has 0 atom stereocenters. The molecule has 1 amide bonds. The summed E-state index contributed by atoms with van der Waals surface area (Å²) in [5.74, 6) is 0.940. The molecule has 4 aromatic heterocycles. The van der Waals surface area contributed by atoms with E-state index in [2.05, 4.69) is 25.1 Å². The minimum atomic E-state index is -0.0782. The molecule has 4 heterocycles. The van der Waals surface area contributed by atoms with Gasteiger partial charge in [0.15, 0.2) is 0 Å². The third-order valence-electron chi connectivity index (χ3n) is 5.25. The second-order valence-electron chi connectivity index (χ2n) is 7.16. The van der Waals surface area contributed by atoms with Crippen LogP contribution in [0.1, 0.15) is 23.1 Å². The van der Waals surface area contributed by atoms with Crippen molar-refractivity contribution in [2.24, 2.45) is 0 Å². The Balaban J connectivity index is 1.52. The van der Waals surface area contributed by atoms with Gasteiger partial charge in [-0.15, -0.1) is 0 Å². The fourth-order valence-corrected chi connectivity index (χ4v) is 3.66. The number of nitrogen functional groups attached to an aromatic ring is 1. The Hall–Kier alpha value is -4.27. The number of amides is 1. The van der Waals surface area contributed by atoms with Crippen LogP contribution in [0.4, 0.5) is 5.82 Å². The van der Waals surface area contributed by atoms with Gasteiger partial charge in [-0.25, -0.2) is 9.97 Å². The van der Waals surface area contributed by atoms with Gasteiger partial charge in [0, 0.05) is 41.6 Å². The number of rotatable bonds is 5. The van der Waals surface area contributed by atoms with Gasteiger partial charge in [0.2, 0.25) is 0 Å². The molecule has 0 aliphatic heterocycles. The first-order valence-electron chi connectivity index (χ1n) is 9.91. The second-order valence-corrected chi connectivity index (χ2v) is 7.16. The van der Waals surface area contributed by atoms with Crippen LogP contribution in [0.15, 0.2) is 55.0 Å². The van der Waals surface area contributed by atoms with Gasteiger partial charge >= 0.3 is 0 Å². The number of nitrogens with two attached hydrogens (primary N) is 1. The Kier molecular flexibility index (Phi) is 4.55. The van der Waals surface area contributed by atoms with E-state index in [-0.39, 0.29) is 5.91 Å². The van der Waals surface area contributed by atoms with E-state index in [1.165, 1.54) is 0 Å². The van der Waals surface area contributed by atoms with E-state index in [0.717, 1.165) is 27.7 Å². The van der Waals surface area contributed by atoms with Gasteiger partial charge in [-0.05, 0) is 37.3 Å². The van der Waals surface area contributed by atoms with Crippen LogP contribution in [-0.4, -0.2) is 47.5 Å². The molecule has 31 heavy (non-hydrogen) atoms. The molecule has 9 nitrogen and oxygen atoms in total. The molecule has 0 aliphatic rings. The quantitative estimate of drug-likeness (QED) is 0.407. The number of carbonyl (C=O) groups excluding carboxylic acids is 1. The topological polar surface area (TPSA) is 129 Å². The number of imidazole rings is 1. The first-order valence-corrected chi connectivity index (χ1v) is 9.91. The smallest absolute Gasteiger partial charge is 0.254 e. The largest absolute Gasteiger partial charge is 0.382 e. The van der Waals surface area contributed by atoms with Crippen molar-refractivity contribution in [2.45, 2.75) is 13.5 Å². The lowest BCUT2D eigenvalue weighted by Gasteiger charge is -2.19. The summed E-state index contributed by atoms with van der Waals surface area (Å²) < 4.78 is 0. The van der Waals surface area contributed by atoms with E-state index in [0.29, 0.717) is 35.8 Å². The summed E-state index contributed by atoms with van der Waals surface area (Å²) in [7, 11) is 0. The van der Waals surface area contributed by atoms with E-state index in [1.54, 1.807) is 35.6 Å². The van der Waals surface area contributed by atoms with Crippen LogP contribution in [-0.2, 0) is 6.54 Å². The third-order valence-corrected chi connectivity index (χ3v) is 5.25. The Bertz CT molecular complexity index is 1380. The Morgan fingerprint density at radius 2 is 1.94 bits per heavy atom. The van der Waals surface area contributed by atoms with Crippen LogP contribution in [0.5, 0.6) is 0 Å². The van der Waals surface area contributed by atoms with E-state index in [1.807, 2.05) is 31.2 Å². The summed E-state index contributed by atoms with van der Waals surface area (Å²) in [5.41, 5.74) is 10.8. The highest BCUT2D eigenvalue weighted by molar-refractivity contribution is 6.07. The Morgan fingerprint density at radius 1 is 1.10 bits per heavy atom. The zero-order valence-corrected chi connectivity index (χ0v) is 16.8. The number of nitrogens with zero attached hydrogens (tertiary/aromatic N) is 5. The highest BCUT2D eigenvalue weighted by Crippen LogP contribution is 2.29. The normalized spacial score (nSPS) is 11.3. The molecular weight excluding hydrogens is 392 g/mol. The Morgan fingerprint density at radius 3 is 2.68 bits per heavy atom. The second kappa shape index (κ2) is 7.52. The van der Waals surface area contributed by atoms with Crippen LogP contribution >= 0.6 is 0 Å². The maximum Gasteiger partial charge on any atom is 0.254 e. The number of fused-ring (bicyclic) bond motifs is 3. The van der Waals surface area contributed by atoms with Crippen molar-refractivity contribution >= 4 is 33.7 Å².